The molecule has 0 radical (unpaired) electrons. The monoisotopic (exact) mass is 358 g/mol. The topological polar surface area (TPSA) is 71.2 Å². The van der Waals surface area contributed by atoms with Crippen molar-refractivity contribution in [1.82, 2.24) is 9.71 Å². The molecule has 0 aliphatic carbocycles. The van der Waals surface area contributed by atoms with Gasteiger partial charge in [-0.3, -0.25) is 0 Å². The van der Waals surface area contributed by atoms with E-state index in [4.69, 9.17) is 4.74 Å². The summed E-state index contributed by atoms with van der Waals surface area (Å²) in [6.45, 7) is 4.18. The lowest BCUT2D eigenvalue weighted by molar-refractivity contribution is 0.411. The highest BCUT2D eigenvalue weighted by molar-refractivity contribution is 7.89. The second kappa shape index (κ2) is 6.90. The van der Waals surface area contributed by atoms with Gasteiger partial charge in [0.15, 0.2) is 0 Å². The van der Waals surface area contributed by atoms with Gasteiger partial charge in [-0.25, -0.2) is 13.1 Å². The Morgan fingerprint density at radius 2 is 1.88 bits per heavy atom. The fourth-order valence-electron chi connectivity index (χ4n) is 3.07. The van der Waals surface area contributed by atoms with Gasteiger partial charge in [-0.05, 0) is 55.7 Å². The predicted octanol–water partition coefficient (Wildman–Crippen LogP) is 3.31. The van der Waals surface area contributed by atoms with Gasteiger partial charge in [-0.15, -0.1) is 0 Å². The maximum absolute atomic E-state index is 12.5. The molecule has 25 heavy (non-hydrogen) atoms. The van der Waals surface area contributed by atoms with Gasteiger partial charge in [0.25, 0.3) is 0 Å². The number of hydrogen-bond donors (Lipinski definition) is 2. The molecule has 0 amide bonds. The van der Waals surface area contributed by atoms with Gasteiger partial charge in [0.05, 0.1) is 12.0 Å². The molecule has 3 aromatic rings. The molecule has 0 atom stereocenters. The Morgan fingerprint density at radius 3 is 2.60 bits per heavy atom. The lowest BCUT2D eigenvalue weighted by Crippen LogP contribution is -2.26. The normalized spacial score (nSPS) is 11.8. The lowest BCUT2D eigenvalue weighted by Gasteiger charge is -2.10. The number of H-pyrrole nitrogens is 1. The first-order chi connectivity index (χ1) is 11.9. The Kier molecular flexibility index (Phi) is 4.83. The van der Waals surface area contributed by atoms with Gasteiger partial charge in [0.1, 0.15) is 5.75 Å². The second-order valence-corrected chi connectivity index (χ2v) is 7.82. The quantitative estimate of drug-likeness (QED) is 0.710. The van der Waals surface area contributed by atoms with E-state index in [0.717, 1.165) is 27.7 Å². The first kappa shape index (κ1) is 17.5. The second-order valence-electron chi connectivity index (χ2n) is 6.05. The fourth-order valence-corrected chi connectivity index (χ4v) is 4.19. The number of benzene rings is 2. The number of methoxy groups -OCH3 is 1. The van der Waals surface area contributed by atoms with Gasteiger partial charge in [-0.2, -0.15) is 0 Å². The van der Waals surface area contributed by atoms with Gasteiger partial charge < -0.3 is 9.72 Å². The Balaban J connectivity index is 1.74. The zero-order valence-corrected chi connectivity index (χ0v) is 15.4. The SMILES string of the molecule is COc1ccc(S(=O)(=O)NCCc2c(C)[nH]c3ccccc23)cc1C. The van der Waals surface area contributed by atoms with Crippen molar-refractivity contribution >= 4 is 20.9 Å². The molecule has 132 valence electrons. The highest BCUT2D eigenvalue weighted by Gasteiger charge is 2.16. The molecule has 1 heterocycles. The van der Waals surface area contributed by atoms with Crippen molar-refractivity contribution in [3.8, 4) is 5.75 Å². The molecule has 0 saturated heterocycles. The maximum Gasteiger partial charge on any atom is 0.240 e. The van der Waals surface area contributed by atoms with Crippen LogP contribution in [0.4, 0.5) is 0 Å². The van der Waals surface area contributed by atoms with E-state index in [-0.39, 0.29) is 4.90 Å². The third-order valence-electron chi connectivity index (χ3n) is 4.37. The summed E-state index contributed by atoms with van der Waals surface area (Å²) in [6, 6.07) is 12.9. The Labute approximate surface area is 148 Å². The summed E-state index contributed by atoms with van der Waals surface area (Å²) < 4.78 is 32.9. The summed E-state index contributed by atoms with van der Waals surface area (Å²) >= 11 is 0. The minimum Gasteiger partial charge on any atom is -0.496 e. The van der Waals surface area contributed by atoms with Crippen LogP contribution in [0.3, 0.4) is 0 Å². The number of aryl methyl sites for hydroxylation is 2. The number of rotatable bonds is 6. The van der Waals surface area contributed by atoms with Crippen LogP contribution in [0.25, 0.3) is 10.9 Å². The summed E-state index contributed by atoms with van der Waals surface area (Å²) in [6.07, 6.45) is 0.629. The number of nitrogens with one attached hydrogen (secondary N) is 2. The van der Waals surface area contributed by atoms with Gasteiger partial charge in [0, 0.05) is 23.1 Å². The van der Waals surface area contributed by atoms with Crippen molar-refractivity contribution in [2.24, 2.45) is 0 Å². The lowest BCUT2D eigenvalue weighted by atomic mass is 10.1. The molecule has 0 aliphatic heterocycles. The molecular weight excluding hydrogens is 336 g/mol. The third kappa shape index (κ3) is 3.55. The molecular formula is C19H22N2O3S. The van der Waals surface area contributed by atoms with Crippen LogP contribution in [-0.2, 0) is 16.4 Å². The van der Waals surface area contributed by atoms with Crippen LogP contribution in [0.1, 0.15) is 16.8 Å². The Morgan fingerprint density at radius 1 is 1.12 bits per heavy atom. The largest absolute Gasteiger partial charge is 0.496 e. The molecule has 3 rings (SSSR count). The van der Waals surface area contributed by atoms with Crippen LogP contribution in [-0.4, -0.2) is 27.1 Å². The van der Waals surface area contributed by atoms with Crippen molar-refractivity contribution in [2.75, 3.05) is 13.7 Å². The minimum atomic E-state index is -3.54. The summed E-state index contributed by atoms with van der Waals surface area (Å²) in [7, 11) is -1.98. The first-order valence-corrected chi connectivity index (χ1v) is 9.61. The Hall–Kier alpha value is -2.31. The van der Waals surface area contributed by atoms with Crippen LogP contribution < -0.4 is 9.46 Å². The van der Waals surface area contributed by atoms with E-state index in [9.17, 15) is 8.42 Å². The van der Waals surface area contributed by atoms with Gasteiger partial charge >= 0.3 is 0 Å². The van der Waals surface area contributed by atoms with Crippen molar-refractivity contribution in [2.45, 2.75) is 25.2 Å². The van der Waals surface area contributed by atoms with E-state index in [1.807, 2.05) is 32.0 Å². The number of aromatic amines is 1. The molecule has 5 nitrogen and oxygen atoms in total. The van der Waals surface area contributed by atoms with Crippen LogP contribution in [0.5, 0.6) is 5.75 Å². The van der Waals surface area contributed by atoms with E-state index in [2.05, 4.69) is 15.8 Å². The van der Waals surface area contributed by atoms with Crippen molar-refractivity contribution in [1.29, 1.82) is 0 Å². The highest BCUT2D eigenvalue weighted by Crippen LogP contribution is 2.23. The maximum atomic E-state index is 12.5. The number of para-hydroxylation sites is 1. The molecule has 1 aromatic heterocycles. The summed E-state index contributed by atoms with van der Waals surface area (Å²) in [4.78, 5) is 3.59. The van der Waals surface area contributed by atoms with Crippen molar-refractivity contribution < 1.29 is 13.2 Å². The highest BCUT2D eigenvalue weighted by atomic mass is 32.2. The molecule has 0 saturated carbocycles. The number of sulfonamides is 1. The van der Waals surface area contributed by atoms with Gasteiger partial charge in [-0.1, -0.05) is 18.2 Å². The molecule has 0 fully saturated rings. The minimum absolute atomic E-state index is 0.251. The number of aromatic nitrogens is 1. The predicted molar refractivity (Wildman–Crippen MR) is 99.7 cm³/mol. The van der Waals surface area contributed by atoms with Crippen LogP contribution in [0, 0.1) is 13.8 Å². The van der Waals surface area contributed by atoms with Crippen LogP contribution in [0.2, 0.25) is 0 Å². The van der Waals surface area contributed by atoms with Crippen molar-refractivity contribution in [3.63, 3.8) is 0 Å². The standard InChI is InChI=1S/C19H22N2O3S/c1-13-12-15(8-9-19(13)24-3)25(22,23)20-11-10-16-14(2)21-18-7-5-4-6-17(16)18/h4-9,12,20-21H,10-11H2,1-3H3. The summed E-state index contributed by atoms with van der Waals surface area (Å²) in [5, 5.41) is 1.14. The molecule has 0 unspecified atom stereocenters. The Bertz CT molecular complexity index is 1010. The smallest absolute Gasteiger partial charge is 0.240 e. The van der Waals surface area contributed by atoms with E-state index < -0.39 is 10.0 Å². The zero-order valence-electron chi connectivity index (χ0n) is 14.6. The number of hydrogen-bond acceptors (Lipinski definition) is 3. The van der Waals surface area contributed by atoms with E-state index >= 15 is 0 Å². The van der Waals surface area contributed by atoms with E-state index in [1.54, 1.807) is 25.3 Å². The van der Waals surface area contributed by atoms with Crippen LogP contribution >= 0.6 is 0 Å². The van der Waals surface area contributed by atoms with E-state index in [1.165, 1.54) is 0 Å². The number of ether oxygens (including phenoxy) is 1. The summed E-state index contributed by atoms with van der Waals surface area (Å²) in [5.41, 5.74) is 4.08. The summed E-state index contributed by atoms with van der Waals surface area (Å²) in [5.74, 6) is 0.674. The molecule has 6 heteroatoms. The average molecular weight is 358 g/mol. The first-order valence-electron chi connectivity index (χ1n) is 8.13. The molecule has 0 spiro atoms. The van der Waals surface area contributed by atoms with Crippen LogP contribution in [0.15, 0.2) is 47.4 Å². The fraction of sp³-hybridized carbons (Fsp3) is 0.263. The van der Waals surface area contributed by atoms with Crippen molar-refractivity contribution in [3.05, 3.63) is 59.3 Å². The molecule has 0 bridgehead atoms. The average Bonchev–Trinajstić information content (AvgIpc) is 2.90. The number of fused-ring (bicyclic) bond motifs is 1. The zero-order chi connectivity index (χ0) is 18.0. The third-order valence-corrected chi connectivity index (χ3v) is 5.83. The molecule has 2 aromatic carbocycles. The molecule has 2 N–H and O–H groups in total. The molecule has 0 aliphatic rings. The van der Waals surface area contributed by atoms with Gasteiger partial charge in [0.2, 0.25) is 10.0 Å². The van der Waals surface area contributed by atoms with E-state index in [0.29, 0.717) is 18.7 Å².